The highest BCUT2D eigenvalue weighted by Crippen LogP contribution is 2.40. The molecule has 1 saturated heterocycles. The lowest BCUT2D eigenvalue weighted by molar-refractivity contribution is 0.0920. The molecule has 2 aliphatic rings. The Morgan fingerprint density at radius 1 is 1.15 bits per heavy atom. The predicted molar refractivity (Wildman–Crippen MR) is 103 cm³/mol. The number of rotatable bonds is 1. The fraction of sp³-hybridized carbons (Fsp3) is 0.300. The predicted octanol–water partition coefficient (Wildman–Crippen LogP) is 4.14. The number of ether oxygens (including phenoxy) is 1. The molecule has 0 atom stereocenters. The van der Waals surface area contributed by atoms with Crippen molar-refractivity contribution in [2.45, 2.75) is 16.7 Å². The number of amidine groups is 1. The second kappa shape index (κ2) is 7.60. The molecule has 0 spiro atoms. The van der Waals surface area contributed by atoms with Gasteiger partial charge in [-0.2, -0.15) is 0 Å². The number of hydrogen-bond acceptors (Lipinski definition) is 5. The number of amides is 1. The molecule has 27 heavy (non-hydrogen) atoms. The summed E-state index contributed by atoms with van der Waals surface area (Å²) in [6.45, 7) is 4.52. The van der Waals surface area contributed by atoms with Crippen molar-refractivity contribution in [3.05, 3.63) is 53.8 Å². The van der Waals surface area contributed by atoms with Gasteiger partial charge in [0.2, 0.25) is 0 Å². The summed E-state index contributed by atoms with van der Waals surface area (Å²) in [4.78, 5) is 22.7. The standard InChI is InChI=1S/C20H20FN3O2S/c1-2-26-20(25)24-11-9-23(10-12-24)19-15-13-14(21)7-8-17(15)27-18-6-4-3-5-16(18)22-19/h3-8,13H,2,9-12H2,1H3. The van der Waals surface area contributed by atoms with Gasteiger partial charge in [-0.3, -0.25) is 0 Å². The monoisotopic (exact) mass is 385 g/mol. The van der Waals surface area contributed by atoms with Gasteiger partial charge >= 0.3 is 6.09 Å². The second-order valence-corrected chi connectivity index (χ2v) is 7.40. The Balaban J connectivity index is 1.66. The van der Waals surface area contributed by atoms with Crippen molar-refractivity contribution in [2.24, 2.45) is 4.99 Å². The third-order valence-corrected chi connectivity index (χ3v) is 5.74. The van der Waals surface area contributed by atoms with Crippen LogP contribution in [-0.4, -0.2) is 54.5 Å². The molecule has 0 unspecified atom stereocenters. The van der Waals surface area contributed by atoms with E-state index in [1.54, 1.807) is 29.7 Å². The van der Waals surface area contributed by atoms with Gasteiger partial charge in [-0.25, -0.2) is 14.2 Å². The minimum absolute atomic E-state index is 0.279. The topological polar surface area (TPSA) is 45.1 Å². The number of nitrogens with zero attached hydrogens (tertiary/aromatic N) is 3. The zero-order chi connectivity index (χ0) is 18.8. The number of carbonyl (C=O) groups is 1. The lowest BCUT2D eigenvalue weighted by Gasteiger charge is -2.36. The van der Waals surface area contributed by atoms with Crippen LogP contribution in [0.25, 0.3) is 0 Å². The smallest absolute Gasteiger partial charge is 0.409 e. The van der Waals surface area contributed by atoms with Gasteiger partial charge in [0.1, 0.15) is 11.7 Å². The quantitative estimate of drug-likeness (QED) is 0.740. The highest BCUT2D eigenvalue weighted by atomic mass is 32.2. The van der Waals surface area contributed by atoms with Crippen LogP contribution in [0.2, 0.25) is 0 Å². The average Bonchev–Trinajstić information content (AvgIpc) is 2.85. The van der Waals surface area contributed by atoms with Crippen molar-refractivity contribution in [2.75, 3.05) is 32.8 Å². The van der Waals surface area contributed by atoms with Gasteiger partial charge < -0.3 is 14.5 Å². The third kappa shape index (κ3) is 3.64. The Morgan fingerprint density at radius 3 is 2.70 bits per heavy atom. The maximum atomic E-state index is 14.0. The van der Waals surface area contributed by atoms with E-state index in [2.05, 4.69) is 4.90 Å². The van der Waals surface area contributed by atoms with Crippen LogP contribution >= 0.6 is 11.8 Å². The fourth-order valence-corrected chi connectivity index (χ4v) is 4.25. The van der Waals surface area contributed by atoms with Crippen molar-refractivity contribution in [1.82, 2.24) is 9.80 Å². The molecule has 5 nitrogen and oxygen atoms in total. The lowest BCUT2D eigenvalue weighted by Crippen LogP contribution is -2.51. The molecule has 0 bridgehead atoms. The van der Waals surface area contributed by atoms with Gasteiger partial charge in [-0.05, 0) is 37.3 Å². The van der Waals surface area contributed by atoms with Crippen LogP contribution in [0.3, 0.4) is 0 Å². The van der Waals surface area contributed by atoms with Crippen LogP contribution in [0.1, 0.15) is 12.5 Å². The number of piperazine rings is 1. The van der Waals surface area contributed by atoms with Crippen LogP contribution in [0.15, 0.2) is 57.2 Å². The molecule has 4 rings (SSSR count). The number of aliphatic imine (C=N–C) groups is 1. The largest absolute Gasteiger partial charge is 0.450 e. The summed E-state index contributed by atoms with van der Waals surface area (Å²) >= 11 is 1.60. The van der Waals surface area contributed by atoms with E-state index in [9.17, 15) is 9.18 Å². The first kappa shape index (κ1) is 17.9. The Kier molecular flexibility index (Phi) is 5.03. The summed E-state index contributed by atoms with van der Waals surface area (Å²) in [6.07, 6.45) is -0.285. The van der Waals surface area contributed by atoms with Gasteiger partial charge in [0.15, 0.2) is 0 Å². The SMILES string of the molecule is CCOC(=O)N1CCN(C2=Nc3ccccc3Sc3ccc(F)cc32)CC1. The summed E-state index contributed by atoms with van der Waals surface area (Å²) in [5.41, 5.74) is 1.67. The third-order valence-electron chi connectivity index (χ3n) is 4.60. The summed E-state index contributed by atoms with van der Waals surface area (Å²) in [6, 6.07) is 12.8. The summed E-state index contributed by atoms with van der Waals surface area (Å²) in [7, 11) is 0. The second-order valence-electron chi connectivity index (χ2n) is 6.32. The molecule has 0 aromatic heterocycles. The van der Waals surface area contributed by atoms with Crippen molar-refractivity contribution in [3.63, 3.8) is 0 Å². The normalized spacial score (nSPS) is 16.1. The molecule has 7 heteroatoms. The van der Waals surface area contributed by atoms with Gasteiger partial charge in [0, 0.05) is 41.5 Å². The van der Waals surface area contributed by atoms with E-state index in [4.69, 9.17) is 9.73 Å². The zero-order valence-electron chi connectivity index (χ0n) is 15.0. The molecule has 2 aromatic carbocycles. The van der Waals surface area contributed by atoms with Crippen molar-refractivity contribution < 1.29 is 13.9 Å². The van der Waals surface area contributed by atoms with Gasteiger partial charge in [-0.1, -0.05) is 23.9 Å². The lowest BCUT2D eigenvalue weighted by atomic mass is 10.1. The minimum Gasteiger partial charge on any atom is -0.450 e. The van der Waals surface area contributed by atoms with E-state index in [-0.39, 0.29) is 11.9 Å². The number of benzene rings is 2. The minimum atomic E-state index is -0.285. The van der Waals surface area contributed by atoms with Gasteiger partial charge in [-0.15, -0.1) is 0 Å². The Morgan fingerprint density at radius 2 is 1.93 bits per heavy atom. The van der Waals surface area contributed by atoms with E-state index in [0.717, 1.165) is 26.9 Å². The van der Waals surface area contributed by atoms with E-state index < -0.39 is 0 Å². The first-order valence-corrected chi connectivity index (χ1v) is 9.79. The number of halogens is 1. The van der Waals surface area contributed by atoms with Crippen LogP contribution in [0.5, 0.6) is 0 Å². The van der Waals surface area contributed by atoms with E-state index >= 15 is 0 Å². The van der Waals surface area contributed by atoms with Gasteiger partial charge in [0.25, 0.3) is 0 Å². The Labute approximate surface area is 161 Å². The molecular formula is C20H20FN3O2S. The van der Waals surface area contributed by atoms with Crippen LogP contribution in [0.4, 0.5) is 14.9 Å². The highest BCUT2D eigenvalue weighted by Gasteiger charge is 2.27. The molecule has 0 radical (unpaired) electrons. The number of hydrogen-bond donors (Lipinski definition) is 0. The molecule has 0 N–H and O–H groups in total. The molecular weight excluding hydrogens is 365 g/mol. The van der Waals surface area contributed by atoms with E-state index in [0.29, 0.717) is 32.8 Å². The molecule has 1 amide bonds. The van der Waals surface area contributed by atoms with E-state index in [1.165, 1.54) is 6.07 Å². The van der Waals surface area contributed by atoms with Crippen molar-refractivity contribution >= 4 is 29.4 Å². The Bertz CT molecular complexity index is 895. The number of carbonyl (C=O) groups excluding carboxylic acids is 1. The van der Waals surface area contributed by atoms with Crippen LogP contribution < -0.4 is 0 Å². The Hall–Kier alpha value is -2.54. The molecule has 2 heterocycles. The molecule has 0 aliphatic carbocycles. The average molecular weight is 385 g/mol. The van der Waals surface area contributed by atoms with E-state index in [1.807, 2.05) is 30.3 Å². The summed E-state index contributed by atoms with van der Waals surface area (Å²) in [5, 5.41) is 0. The highest BCUT2D eigenvalue weighted by molar-refractivity contribution is 7.99. The van der Waals surface area contributed by atoms with Crippen LogP contribution in [-0.2, 0) is 4.74 Å². The molecule has 140 valence electrons. The van der Waals surface area contributed by atoms with Crippen molar-refractivity contribution in [1.29, 1.82) is 0 Å². The molecule has 0 saturated carbocycles. The summed E-state index contributed by atoms with van der Waals surface area (Å²) < 4.78 is 19.1. The number of fused-ring (bicyclic) bond motifs is 2. The summed E-state index contributed by atoms with van der Waals surface area (Å²) in [5.74, 6) is 0.476. The molecule has 2 aliphatic heterocycles. The first-order chi connectivity index (χ1) is 13.2. The first-order valence-electron chi connectivity index (χ1n) is 8.98. The number of para-hydroxylation sites is 1. The van der Waals surface area contributed by atoms with Crippen LogP contribution in [0, 0.1) is 5.82 Å². The fourth-order valence-electron chi connectivity index (χ4n) is 3.25. The maximum Gasteiger partial charge on any atom is 0.409 e. The maximum absolute atomic E-state index is 14.0. The van der Waals surface area contributed by atoms with Crippen molar-refractivity contribution in [3.8, 4) is 0 Å². The molecule has 2 aromatic rings. The molecule has 1 fully saturated rings. The zero-order valence-corrected chi connectivity index (χ0v) is 15.8. The van der Waals surface area contributed by atoms with Gasteiger partial charge in [0.05, 0.1) is 12.3 Å².